The molecule has 0 saturated heterocycles. The van der Waals surface area contributed by atoms with Gasteiger partial charge in [0.1, 0.15) is 13.0 Å². The van der Waals surface area contributed by atoms with Crippen LogP contribution in [-0.4, -0.2) is 35.6 Å². The summed E-state index contributed by atoms with van der Waals surface area (Å²) in [5, 5.41) is 8.15. The zero-order chi connectivity index (χ0) is 8.27. The van der Waals surface area contributed by atoms with E-state index < -0.39 is 0 Å². The van der Waals surface area contributed by atoms with Crippen molar-refractivity contribution in [3.8, 4) is 0 Å². The van der Waals surface area contributed by atoms with Gasteiger partial charge in [-0.2, -0.15) is 5.10 Å². The lowest BCUT2D eigenvalue weighted by molar-refractivity contribution is 0.190. The summed E-state index contributed by atoms with van der Waals surface area (Å²) in [6.45, 7) is 8.14. The van der Waals surface area contributed by atoms with Gasteiger partial charge in [-0.05, 0) is 20.8 Å². The first-order chi connectivity index (χ1) is 5.22. The maximum Gasteiger partial charge on any atom is 0.127 e. The molecular weight excluding hydrogens is 140 g/mol. The van der Waals surface area contributed by atoms with Crippen LogP contribution in [0.25, 0.3) is 0 Å². The molecule has 1 rings (SSSR count). The van der Waals surface area contributed by atoms with Crippen LogP contribution in [0.2, 0.25) is 0 Å². The van der Waals surface area contributed by atoms with Crippen LogP contribution in [0.1, 0.15) is 20.8 Å². The van der Waals surface area contributed by atoms with Crippen LogP contribution >= 0.6 is 0 Å². The van der Waals surface area contributed by atoms with Crippen LogP contribution in [0.3, 0.4) is 0 Å². The van der Waals surface area contributed by atoms with Gasteiger partial charge >= 0.3 is 0 Å². The third-order valence-corrected chi connectivity index (χ3v) is 1.46. The molecule has 0 amide bonds. The number of nitrogens with one attached hydrogen (secondary N) is 1. The molecular formula is C7H16N4. The quantitative estimate of drug-likeness (QED) is 0.643. The highest BCUT2D eigenvalue weighted by atomic mass is 15.7. The molecule has 0 spiro atoms. The summed E-state index contributed by atoms with van der Waals surface area (Å²) in [4.78, 5) is 0. The minimum atomic E-state index is 0.471. The topological polar surface area (TPSA) is 30.9 Å². The van der Waals surface area contributed by atoms with Gasteiger partial charge in [0.25, 0.3) is 0 Å². The van der Waals surface area contributed by atoms with Gasteiger partial charge in [0, 0.05) is 12.6 Å². The molecule has 1 N–H and O–H groups in total. The van der Waals surface area contributed by atoms with E-state index in [0.29, 0.717) is 6.04 Å². The summed E-state index contributed by atoms with van der Waals surface area (Å²) in [5.41, 5.74) is 3.25. The van der Waals surface area contributed by atoms with Crippen LogP contribution < -0.4 is 5.43 Å². The molecule has 11 heavy (non-hydrogen) atoms. The summed E-state index contributed by atoms with van der Waals surface area (Å²) in [6, 6.07) is 0.471. The minimum Gasteiger partial charge on any atom is -0.275 e. The normalized spacial score (nSPS) is 17.1. The molecule has 0 atom stereocenters. The van der Waals surface area contributed by atoms with Crippen LogP contribution in [0.15, 0.2) is 5.10 Å². The van der Waals surface area contributed by atoms with Crippen molar-refractivity contribution in [2.75, 3.05) is 13.2 Å². The third-order valence-electron chi connectivity index (χ3n) is 1.46. The van der Waals surface area contributed by atoms with Gasteiger partial charge in [-0.1, -0.05) is 0 Å². The Morgan fingerprint density at radius 2 is 2.36 bits per heavy atom. The molecule has 4 nitrogen and oxygen atoms in total. The molecule has 1 aliphatic rings. The molecule has 1 heterocycles. The van der Waals surface area contributed by atoms with Gasteiger partial charge in [-0.3, -0.25) is 10.0 Å². The van der Waals surface area contributed by atoms with E-state index >= 15 is 0 Å². The van der Waals surface area contributed by atoms with E-state index in [-0.39, 0.29) is 0 Å². The molecule has 64 valence electrons. The molecule has 0 aromatic rings. The molecule has 0 saturated carbocycles. The Bertz CT molecular complexity index is 143. The highest BCUT2D eigenvalue weighted by Gasteiger charge is 2.11. The average molecular weight is 156 g/mol. The molecule has 0 aromatic heterocycles. The second-order valence-corrected chi connectivity index (χ2v) is 2.95. The summed E-state index contributed by atoms with van der Waals surface area (Å²) < 4.78 is 0. The largest absolute Gasteiger partial charge is 0.275 e. The summed E-state index contributed by atoms with van der Waals surface area (Å²) in [6.07, 6.45) is 1.82. The molecule has 1 aliphatic heterocycles. The number of hydrazone groups is 1. The van der Waals surface area contributed by atoms with Crippen molar-refractivity contribution < 1.29 is 0 Å². The second-order valence-electron chi connectivity index (χ2n) is 2.95. The summed E-state index contributed by atoms with van der Waals surface area (Å²) >= 11 is 0. The van der Waals surface area contributed by atoms with Crippen molar-refractivity contribution in [1.82, 2.24) is 15.4 Å². The average Bonchev–Trinajstić information content (AvgIpc) is 2.34. The number of nitrogens with zero attached hydrogens (tertiary/aromatic N) is 3. The fourth-order valence-corrected chi connectivity index (χ4v) is 0.972. The Morgan fingerprint density at radius 1 is 1.64 bits per heavy atom. The van der Waals surface area contributed by atoms with E-state index in [9.17, 15) is 0 Å². The number of hydrogen-bond donors (Lipinski definition) is 1. The lowest BCUT2D eigenvalue weighted by Crippen LogP contribution is -2.42. The summed E-state index contributed by atoms with van der Waals surface area (Å²) in [5.74, 6) is 0. The van der Waals surface area contributed by atoms with E-state index in [0.717, 1.165) is 13.2 Å². The van der Waals surface area contributed by atoms with E-state index in [1.54, 1.807) is 0 Å². The number of rotatable bonds is 3. The van der Waals surface area contributed by atoms with E-state index in [1.807, 2.05) is 16.4 Å². The van der Waals surface area contributed by atoms with Gasteiger partial charge in [0.05, 0.1) is 0 Å². The molecule has 0 aromatic carbocycles. The Morgan fingerprint density at radius 3 is 2.82 bits per heavy atom. The molecule has 0 bridgehead atoms. The highest BCUT2D eigenvalue weighted by Crippen LogP contribution is 1.98. The van der Waals surface area contributed by atoms with Crippen molar-refractivity contribution in [3.63, 3.8) is 0 Å². The van der Waals surface area contributed by atoms with Crippen LogP contribution in [0.4, 0.5) is 0 Å². The zero-order valence-electron chi connectivity index (χ0n) is 7.41. The fourth-order valence-electron chi connectivity index (χ4n) is 0.972. The Kier molecular flexibility index (Phi) is 2.70. The molecule has 0 fully saturated rings. The van der Waals surface area contributed by atoms with Crippen molar-refractivity contribution in [1.29, 1.82) is 0 Å². The zero-order valence-corrected chi connectivity index (χ0v) is 7.41. The predicted octanol–water partition coefficient (Wildman–Crippen LogP) is 0.438. The van der Waals surface area contributed by atoms with E-state index in [2.05, 4.69) is 31.3 Å². The molecule has 4 heteroatoms. The highest BCUT2D eigenvalue weighted by molar-refractivity contribution is 5.55. The fraction of sp³-hybridized carbons (Fsp3) is 0.857. The number of hydrogen-bond acceptors (Lipinski definition) is 4. The Balaban J connectivity index is 2.26. The molecule has 0 aliphatic carbocycles. The Labute approximate surface area is 67.8 Å². The van der Waals surface area contributed by atoms with Gasteiger partial charge in [-0.15, -0.1) is 0 Å². The van der Waals surface area contributed by atoms with Crippen molar-refractivity contribution >= 4 is 6.34 Å². The van der Waals surface area contributed by atoms with Gasteiger partial charge in [0.15, 0.2) is 0 Å². The monoisotopic (exact) mass is 156 g/mol. The van der Waals surface area contributed by atoms with Crippen molar-refractivity contribution in [2.24, 2.45) is 5.10 Å². The van der Waals surface area contributed by atoms with E-state index in [1.165, 1.54) is 0 Å². The smallest absolute Gasteiger partial charge is 0.127 e. The number of hydrazine groups is 1. The second kappa shape index (κ2) is 3.57. The van der Waals surface area contributed by atoms with Crippen molar-refractivity contribution in [2.45, 2.75) is 26.8 Å². The van der Waals surface area contributed by atoms with Gasteiger partial charge in [0.2, 0.25) is 0 Å². The minimum absolute atomic E-state index is 0.471. The molecule has 0 unspecified atom stereocenters. The van der Waals surface area contributed by atoms with Gasteiger partial charge < -0.3 is 0 Å². The summed E-state index contributed by atoms with van der Waals surface area (Å²) in [7, 11) is 0. The first-order valence-corrected chi connectivity index (χ1v) is 4.04. The van der Waals surface area contributed by atoms with Crippen LogP contribution in [0, 0.1) is 0 Å². The first kappa shape index (κ1) is 8.33. The predicted molar refractivity (Wildman–Crippen MR) is 45.8 cm³/mol. The lowest BCUT2D eigenvalue weighted by Gasteiger charge is -2.20. The standard InChI is InChI=1S/C7H16N4/c1-4-10-6-11(5-8-10)9-7(2)3/h5,7,9H,4,6H2,1-3H3. The lowest BCUT2D eigenvalue weighted by atomic mass is 10.4. The van der Waals surface area contributed by atoms with Crippen molar-refractivity contribution in [3.05, 3.63) is 0 Å². The third kappa shape index (κ3) is 2.38. The maximum absolute atomic E-state index is 4.16. The Hall–Kier alpha value is -0.770. The SMILES string of the molecule is CCN1CN(NC(C)C)C=N1. The van der Waals surface area contributed by atoms with Crippen LogP contribution in [-0.2, 0) is 0 Å². The van der Waals surface area contributed by atoms with E-state index in [4.69, 9.17) is 0 Å². The van der Waals surface area contributed by atoms with Gasteiger partial charge in [-0.25, -0.2) is 5.43 Å². The first-order valence-electron chi connectivity index (χ1n) is 4.04. The molecule has 0 radical (unpaired) electrons. The van der Waals surface area contributed by atoms with Crippen LogP contribution in [0.5, 0.6) is 0 Å². The maximum atomic E-state index is 4.16.